The van der Waals surface area contributed by atoms with Crippen molar-refractivity contribution >= 4 is 27.4 Å². The number of anilines is 1. The van der Waals surface area contributed by atoms with Gasteiger partial charge in [-0.1, -0.05) is 0 Å². The van der Waals surface area contributed by atoms with E-state index in [1.807, 2.05) is 6.92 Å². The lowest BCUT2D eigenvalue weighted by molar-refractivity contribution is -0.150. The molecule has 1 saturated heterocycles. The van der Waals surface area contributed by atoms with Crippen molar-refractivity contribution in [2.24, 2.45) is 0 Å². The second-order valence-corrected chi connectivity index (χ2v) is 7.70. The zero-order valence-electron chi connectivity index (χ0n) is 13.4. The highest BCUT2D eigenvalue weighted by atomic mass is 32.1. The minimum atomic E-state index is -4.15. The number of thiophene rings is 1. The lowest BCUT2D eigenvalue weighted by atomic mass is 10.1. The Hall–Kier alpha value is -1.41. The van der Waals surface area contributed by atoms with Crippen molar-refractivity contribution in [2.75, 3.05) is 31.1 Å². The quantitative estimate of drug-likeness (QED) is 0.827. The molecule has 1 fully saturated rings. The van der Waals surface area contributed by atoms with Crippen molar-refractivity contribution in [3.8, 4) is 0 Å². The number of halogens is 3. The van der Waals surface area contributed by atoms with Crippen molar-refractivity contribution in [1.29, 1.82) is 0 Å². The first-order valence-corrected chi connectivity index (χ1v) is 9.05. The summed E-state index contributed by atoms with van der Waals surface area (Å²) < 4.78 is 38.0. The van der Waals surface area contributed by atoms with E-state index >= 15 is 0 Å². The molecule has 0 bridgehead atoms. The summed E-state index contributed by atoms with van der Waals surface area (Å²) in [6, 6.07) is -0.155. The van der Waals surface area contributed by atoms with Crippen LogP contribution in [0.15, 0.2) is 6.33 Å². The van der Waals surface area contributed by atoms with Gasteiger partial charge in [-0.05, 0) is 31.7 Å². The van der Waals surface area contributed by atoms with E-state index in [-0.39, 0.29) is 6.04 Å². The Morgan fingerprint density at radius 1 is 1.25 bits per heavy atom. The maximum absolute atomic E-state index is 12.7. The molecule has 1 unspecified atom stereocenters. The Labute approximate surface area is 142 Å². The molecule has 24 heavy (non-hydrogen) atoms. The van der Waals surface area contributed by atoms with Gasteiger partial charge in [-0.25, -0.2) is 9.97 Å². The zero-order chi connectivity index (χ0) is 16.9. The van der Waals surface area contributed by atoms with E-state index in [2.05, 4.69) is 14.9 Å². The summed E-state index contributed by atoms with van der Waals surface area (Å²) in [7, 11) is 0. The molecule has 130 valence electrons. The van der Waals surface area contributed by atoms with E-state index in [9.17, 15) is 13.2 Å². The molecular formula is C16H19F3N4S. The topological polar surface area (TPSA) is 32.3 Å². The number of hydrogen-bond donors (Lipinski definition) is 0. The first-order valence-electron chi connectivity index (χ1n) is 8.23. The molecule has 2 aliphatic rings. The number of rotatable bonds is 2. The van der Waals surface area contributed by atoms with E-state index in [4.69, 9.17) is 0 Å². The van der Waals surface area contributed by atoms with E-state index in [0.29, 0.717) is 19.6 Å². The lowest BCUT2D eigenvalue weighted by Crippen LogP contribution is -2.54. The molecule has 2 aromatic heterocycles. The normalized spacial score (nSPS) is 22.3. The number of fused-ring (bicyclic) bond motifs is 3. The summed E-state index contributed by atoms with van der Waals surface area (Å²) in [5, 5.41) is 1.13. The van der Waals surface area contributed by atoms with Gasteiger partial charge in [-0.2, -0.15) is 13.2 Å². The number of nitrogens with zero attached hydrogens (tertiary/aromatic N) is 4. The second kappa shape index (κ2) is 5.84. The largest absolute Gasteiger partial charge is 0.401 e. The molecule has 1 aliphatic carbocycles. The molecule has 3 heterocycles. The molecule has 2 aromatic rings. The highest BCUT2D eigenvalue weighted by Gasteiger charge is 2.36. The second-order valence-electron chi connectivity index (χ2n) is 6.62. The predicted molar refractivity (Wildman–Crippen MR) is 88.7 cm³/mol. The number of hydrogen-bond acceptors (Lipinski definition) is 5. The highest BCUT2D eigenvalue weighted by molar-refractivity contribution is 7.19. The van der Waals surface area contributed by atoms with Gasteiger partial charge in [0.25, 0.3) is 0 Å². The molecule has 0 saturated carbocycles. The summed E-state index contributed by atoms with van der Waals surface area (Å²) in [4.78, 5) is 14.9. The van der Waals surface area contributed by atoms with Crippen LogP contribution in [0.4, 0.5) is 19.0 Å². The van der Waals surface area contributed by atoms with Gasteiger partial charge >= 0.3 is 6.18 Å². The van der Waals surface area contributed by atoms with Gasteiger partial charge < -0.3 is 4.90 Å². The average Bonchev–Trinajstić information content (AvgIpc) is 3.08. The van der Waals surface area contributed by atoms with Crippen LogP contribution in [0.3, 0.4) is 0 Å². The van der Waals surface area contributed by atoms with Crippen LogP contribution in [0.1, 0.15) is 23.8 Å². The molecule has 1 atom stereocenters. The Balaban J connectivity index is 1.61. The third-order valence-electron chi connectivity index (χ3n) is 4.93. The maximum Gasteiger partial charge on any atom is 0.401 e. The van der Waals surface area contributed by atoms with E-state index in [1.165, 1.54) is 21.8 Å². The number of aryl methyl sites for hydroxylation is 2. The van der Waals surface area contributed by atoms with Crippen LogP contribution in [-0.4, -0.2) is 53.3 Å². The zero-order valence-corrected chi connectivity index (χ0v) is 14.3. The Bertz CT molecular complexity index is 758. The standard InChI is InChI=1S/C16H19F3N4S/c1-10-7-22(5-6-23(10)8-16(17,18)19)14-13-11-3-2-4-12(11)24-15(13)21-9-20-14/h9-10H,2-8H2,1H3. The van der Waals surface area contributed by atoms with Crippen molar-refractivity contribution in [3.05, 3.63) is 16.8 Å². The van der Waals surface area contributed by atoms with Gasteiger partial charge in [0.05, 0.1) is 11.9 Å². The molecule has 4 rings (SSSR count). The predicted octanol–water partition coefficient (Wildman–Crippen LogP) is 3.25. The summed E-state index contributed by atoms with van der Waals surface area (Å²) in [5.41, 5.74) is 1.36. The van der Waals surface area contributed by atoms with Crippen molar-refractivity contribution in [3.63, 3.8) is 0 Å². The molecule has 0 amide bonds. The number of alkyl halides is 3. The van der Waals surface area contributed by atoms with Crippen LogP contribution in [0.2, 0.25) is 0 Å². The molecule has 4 nitrogen and oxygen atoms in total. The van der Waals surface area contributed by atoms with E-state index in [0.717, 1.165) is 28.9 Å². The fraction of sp³-hybridized carbons (Fsp3) is 0.625. The first-order chi connectivity index (χ1) is 11.4. The SMILES string of the molecule is CC1CN(c2ncnc3sc4c(c23)CCC4)CCN1CC(F)(F)F. The summed E-state index contributed by atoms with van der Waals surface area (Å²) in [5.74, 6) is 0.901. The van der Waals surface area contributed by atoms with Gasteiger partial charge in [-0.15, -0.1) is 11.3 Å². The lowest BCUT2D eigenvalue weighted by Gasteiger charge is -2.40. The highest BCUT2D eigenvalue weighted by Crippen LogP contribution is 2.40. The first kappa shape index (κ1) is 16.1. The van der Waals surface area contributed by atoms with Crippen molar-refractivity contribution in [1.82, 2.24) is 14.9 Å². The average molecular weight is 356 g/mol. The summed E-state index contributed by atoms with van der Waals surface area (Å²) in [6.07, 6.45) is 0.759. The van der Waals surface area contributed by atoms with Gasteiger partial charge in [-0.3, -0.25) is 4.90 Å². The van der Waals surface area contributed by atoms with Crippen LogP contribution in [0.25, 0.3) is 10.2 Å². The van der Waals surface area contributed by atoms with Crippen LogP contribution in [0.5, 0.6) is 0 Å². The molecule has 0 radical (unpaired) electrons. The van der Waals surface area contributed by atoms with Crippen LogP contribution in [-0.2, 0) is 12.8 Å². The molecule has 0 spiro atoms. The maximum atomic E-state index is 12.7. The molecule has 0 aromatic carbocycles. The van der Waals surface area contributed by atoms with Gasteiger partial charge in [0, 0.05) is 30.6 Å². The van der Waals surface area contributed by atoms with Gasteiger partial charge in [0.15, 0.2) is 0 Å². The smallest absolute Gasteiger partial charge is 0.353 e. The number of aromatic nitrogens is 2. The van der Waals surface area contributed by atoms with Crippen molar-refractivity contribution < 1.29 is 13.2 Å². The van der Waals surface area contributed by atoms with Gasteiger partial charge in [0.1, 0.15) is 17.0 Å². The minimum absolute atomic E-state index is 0.155. The van der Waals surface area contributed by atoms with E-state index in [1.54, 1.807) is 17.7 Å². The van der Waals surface area contributed by atoms with Crippen LogP contribution >= 0.6 is 11.3 Å². The fourth-order valence-corrected chi connectivity index (χ4v) is 5.03. The van der Waals surface area contributed by atoms with Crippen LogP contribution in [0, 0.1) is 0 Å². The van der Waals surface area contributed by atoms with Crippen molar-refractivity contribution in [2.45, 2.75) is 38.4 Å². The summed E-state index contributed by atoms with van der Waals surface area (Å²) >= 11 is 1.74. The Morgan fingerprint density at radius 3 is 2.83 bits per heavy atom. The molecule has 0 N–H and O–H groups in total. The third-order valence-corrected chi connectivity index (χ3v) is 6.13. The fourth-order valence-electron chi connectivity index (χ4n) is 3.80. The molecule has 1 aliphatic heterocycles. The Kier molecular flexibility index (Phi) is 3.91. The monoisotopic (exact) mass is 356 g/mol. The van der Waals surface area contributed by atoms with E-state index < -0.39 is 12.7 Å². The van der Waals surface area contributed by atoms with Crippen LogP contribution < -0.4 is 4.90 Å². The summed E-state index contributed by atoms with van der Waals surface area (Å²) in [6.45, 7) is 2.55. The minimum Gasteiger partial charge on any atom is -0.353 e. The third kappa shape index (κ3) is 2.86. The molecular weight excluding hydrogens is 337 g/mol. The Morgan fingerprint density at radius 2 is 2.08 bits per heavy atom. The molecule has 8 heteroatoms. The van der Waals surface area contributed by atoms with Gasteiger partial charge in [0.2, 0.25) is 0 Å². The number of piperazine rings is 1.